The molecule has 122 valence electrons. The predicted molar refractivity (Wildman–Crippen MR) is 82.6 cm³/mol. The van der Waals surface area contributed by atoms with Crippen molar-refractivity contribution in [3.8, 4) is 23.3 Å². The van der Waals surface area contributed by atoms with Crippen LogP contribution in [0.25, 0.3) is 10.8 Å². The van der Waals surface area contributed by atoms with Crippen LogP contribution in [0.2, 0.25) is 0 Å². The zero-order valence-corrected chi connectivity index (χ0v) is 13.2. The number of ether oxygens (including phenoxy) is 3. The molecule has 0 fully saturated rings. The van der Waals surface area contributed by atoms with E-state index in [4.69, 9.17) is 19.5 Å². The van der Waals surface area contributed by atoms with Crippen LogP contribution in [0.1, 0.15) is 26.3 Å². The van der Waals surface area contributed by atoms with Gasteiger partial charge in [-0.3, -0.25) is 14.4 Å². The molecule has 24 heavy (non-hydrogen) atoms. The van der Waals surface area contributed by atoms with E-state index in [2.05, 4.69) is 0 Å². The molecule has 7 nitrogen and oxygen atoms in total. The van der Waals surface area contributed by atoms with Gasteiger partial charge >= 0.3 is 17.9 Å². The Bertz CT molecular complexity index is 894. The third-order valence-corrected chi connectivity index (χ3v) is 2.90. The Morgan fingerprint density at radius 3 is 1.96 bits per heavy atom. The van der Waals surface area contributed by atoms with Crippen molar-refractivity contribution in [3.63, 3.8) is 0 Å². The molecule has 2 aromatic rings. The first kappa shape index (κ1) is 17.0. The molecule has 0 amide bonds. The van der Waals surface area contributed by atoms with Gasteiger partial charge in [-0.1, -0.05) is 0 Å². The lowest BCUT2D eigenvalue weighted by Gasteiger charge is -2.15. The number of carbonyl (C=O) groups is 3. The average Bonchev–Trinajstić information content (AvgIpc) is 2.49. The number of nitriles is 1. The number of benzene rings is 2. The summed E-state index contributed by atoms with van der Waals surface area (Å²) in [6.07, 6.45) is 0. The third kappa shape index (κ3) is 3.67. The van der Waals surface area contributed by atoms with E-state index in [0.717, 1.165) is 0 Å². The van der Waals surface area contributed by atoms with Crippen molar-refractivity contribution in [2.75, 3.05) is 0 Å². The van der Waals surface area contributed by atoms with Crippen LogP contribution in [0.15, 0.2) is 24.3 Å². The minimum atomic E-state index is -0.634. The maximum absolute atomic E-state index is 11.4. The van der Waals surface area contributed by atoms with E-state index in [1.165, 1.54) is 45.0 Å². The van der Waals surface area contributed by atoms with Gasteiger partial charge in [0, 0.05) is 37.6 Å². The van der Waals surface area contributed by atoms with Crippen LogP contribution < -0.4 is 14.2 Å². The molecule has 0 aliphatic carbocycles. The molecule has 0 saturated heterocycles. The van der Waals surface area contributed by atoms with Gasteiger partial charge in [0.15, 0.2) is 11.5 Å². The van der Waals surface area contributed by atoms with E-state index < -0.39 is 17.9 Å². The fraction of sp³-hybridized carbons (Fsp3) is 0.176. The van der Waals surface area contributed by atoms with Crippen LogP contribution in [-0.2, 0) is 14.4 Å². The lowest BCUT2D eigenvalue weighted by atomic mass is 10.0. The Hall–Kier alpha value is -3.40. The number of esters is 3. The van der Waals surface area contributed by atoms with Crippen LogP contribution in [0.3, 0.4) is 0 Å². The van der Waals surface area contributed by atoms with Crippen molar-refractivity contribution in [1.29, 1.82) is 5.26 Å². The Balaban J connectivity index is 2.83. The molecule has 0 N–H and O–H groups in total. The highest BCUT2D eigenvalue weighted by molar-refractivity contribution is 5.99. The Labute approximate surface area is 137 Å². The SMILES string of the molecule is CC(=O)Oc1cc(OC(C)=O)c2cc(C#N)ccc2c1OC(C)=O. The van der Waals surface area contributed by atoms with Crippen LogP contribution in [-0.4, -0.2) is 17.9 Å². The summed E-state index contributed by atoms with van der Waals surface area (Å²) in [4.78, 5) is 34.0. The summed E-state index contributed by atoms with van der Waals surface area (Å²) in [6.45, 7) is 3.60. The van der Waals surface area contributed by atoms with Crippen LogP contribution >= 0.6 is 0 Å². The summed E-state index contributed by atoms with van der Waals surface area (Å²) in [5, 5.41) is 9.78. The molecule has 0 saturated carbocycles. The number of hydrogen-bond donors (Lipinski definition) is 0. The van der Waals surface area contributed by atoms with Crippen molar-refractivity contribution in [2.45, 2.75) is 20.8 Å². The highest BCUT2D eigenvalue weighted by atomic mass is 16.6. The number of nitrogens with zero attached hydrogens (tertiary/aromatic N) is 1. The Morgan fingerprint density at radius 2 is 1.42 bits per heavy atom. The predicted octanol–water partition coefficient (Wildman–Crippen LogP) is 2.49. The van der Waals surface area contributed by atoms with Gasteiger partial charge in [-0.2, -0.15) is 5.26 Å². The zero-order valence-electron chi connectivity index (χ0n) is 13.2. The summed E-state index contributed by atoms with van der Waals surface area (Å²) in [5.41, 5.74) is 0.324. The zero-order chi connectivity index (χ0) is 17.9. The van der Waals surface area contributed by atoms with Gasteiger partial charge in [-0.15, -0.1) is 0 Å². The topological polar surface area (TPSA) is 103 Å². The minimum absolute atomic E-state index is 0.00749. The summed E-state index contributed by atoms with van der Waals surface area (Å²) in [7, 11) is 0. The van der Waals surface area contributed by atoms with E-state index in [1.54, 1.807) is 0 Å². The van der Waals surface area contributed by atoms with Crippen molar-refractivity contribution >= 4 is 28.7 Å². The first-order valence-electron chi connectivity index (χ1n) is 6.88. The highest BCUT2D eigenvalue weighted by Crippen LogP contribution is 2.42. The van der Waals surface area contributed by atoms with E-state index >= 15 is 0 Å². The van der Waals surface area contributed by atoms with Crippen molar-refractivity contribution in [1.82, 2.24) is 0 Å². The van der Waals surface area contributed by atoms with Crippen molar-refractivity contribution in [2.24, 2.45) is 0 Å². The maximum Gasteiger partial charge on any atom is 0.308 e. The molecule has 0 aliphatic heterocycles. The number of carbonyl (C=O) groups excluding carboxylic acids is 3. The monoisotopic (exact) mass is 327 g/mol. The molecule has 0 unspecified atom stereocenters. The second-order valence-electron chi connectivity index (χ2n) is 4.86. The number of rotatable bonds is 3. The largest absolute Gasteiger partial charge is 0.426 e. The van der Waals surface area contributed by atoms with E-state index in [0.29, 0.717) is 16.3 Å². The molecule has 0 atom stereocenters. The molecule has 0 aliphatic rings. The lowest BCUT2D eigenvalue weighted by molar-refractivity contribution is -0.134. The quantitative estimate of drug-likeness (QED) is 0.630. The highest BCUT2D eigenvalue weighted by Gasteiger charge is 2.20. The molecular weight excluding hydrogens is 314 g/mol. The number of hydrogen-bond acceptors (Lipinski definition) is 7. The van der Waals surface area contributed by atoms with Gasteiger partial charge in [0.05, 0.1) is 11.6 Å². The molecular formula is C17H13NO6. The summed E-state index contributed by atoms with van der Waals surface area (Å²) in [5.74, 6) is -1.81. The lowest BCUT2D eigenvalue weighted by Crippen LogP contribution is -2.09. The standard InChI is InChI=1S/C17H13NO6/c1-9(19)22-15-7-16(23-10(2)20)17(24-11(3)21)13-5-4-12(8-18)6-14(13)15/h4-7H,1-3H3. The average molecular weight is 327 g/mol. The second kappa shape index (κ2) is 6.79. The molecule has 2 rings (SSSR count). The molecule has 0 heterocycles. The van der Waals surface area contributed by atoms with E-state index in [1.807, 2.05) is 6.07 Å². The summed E-state index contributed by atoms with van der Waals surface area (Å²) < 4.78 is 15.3. The minimum Gasteiger partial charge on any atom is -0.426 e. The summed E-state index contributed by atoms with van der Waals surface area (Å²) >= 11 is 0. The van der Waals surface area contributed by atoms with E-state index in [9.17, 15) is 14.4 Å². The Morgan fingerprint density at radius 1 is 0.833 bits per heavy atom. The van der Waals surface area contributed by atoms with Gasteiger partial charge in [-0.25, -0.2) is 0 Å². The molecule has 0 radical (unpaired) electrons. The van der Waals surface area contributed by atoms with Gasteiger partial charge < -0.3 is 14.2 Å². The van der Waals surface area contributed by atoms with Crippen molar-refractivity contribution in [3.05, 3.63) is 29.8 Å². The van der Waals surface area contributed by atoms with Crippen LogP contribution in [0, 0.1) is 11.3 Å². The van der Waals surface area contributed by atoms with Crippen molar-refractivity contribution < 1.29 is 28.6 Å². The second-order valence-corrected chi connectivity index (χ2v) is 4.86. The normalized spacial score (nSPS) is 9.92. The van der Waals surface area contributed by atoms with Gasteiger partial charge in [-0.05, 0) is 18.2 Å². The van der Waals surface area contributed by atoms with Gasteiger partial charge in [0.25, 0.3) is 0 Å². The molecule has 0 aromatic heterocycles. The van der Waals surface area contributed by atoms with Crippen LogP contribution in [0.5, 0.6) is 17.2 Å². The van der Waals surface area contributed by atoms with Gasteiger partial charge in [0.1, 0.15) is 5.75 Å². The van der Waals surface area contributed by atoms with Crippen LogP contribution in [0.4, 0.5) is 0 Å². The fourth-order valence-corrected chi connectivity index (χ4v) is 2.13. The summed E-state index contributed by atoms with van der Waals surface area (Å²) in [6, 6.07) is 7.75. The molecule has 0 spiro atoms. The van der Waals surface area contributed by atoms with E-state index in [-0.39, 0.29) is 17.2 Å². The fourth-order valence-electron chi connectivity index (χ4n) is 2.13. The molecule has 7 heteroatoms. The van der Waals surface area contributed by atoms with Gasteiger partial charge in [0.2, 0.25) is 0 Å². The molecule has 2 aromatic carbocycles. The Kier molecular flexibility index (Phi) is 4.80. The third-order valence-electron chi connectivity index (χ3n) is 2.90. The molecule has 0 bridgehead atoms. The first-order valence-corrected chi connectivity index (χ1v) is 6.88. The maximum atomic E-state index is 11.4. The smallest absolute Gasteiger partial charge is 0.308 e. The first-order chi connectivity index (χ1) is 11.3. The number of fused-ring (bicyclic) bond motifs is 1.